The van der Waals surface area contributed by atoms with Crippen LogP contribution in [0, 0.1) is 13.8 Å². The Labute approximate surface area is 139 Å². The Balaban J connectivity index is 1.64. The van der Waals surface area contributed by atoms with E-state index in [0.717, 1.165) is 17.1 Å². The predicted molar refractivity (Wildman–Crippen MR) is 85.3 cm³/mol. The van der Waals surface area contributed by atoms with E-state index in [-0.39, 0.29) is 5.91 Å². The molecule has 0 aromatic carbocycles. The second kappa shape index (κ2) is 6.46. The number of aromatic amines is 1. The molecular formula is C16H21N5O3. The van der Waals surface area contributed by atoms with Gasteiger partial charge in [-0.15, -0.1) is 0 Å². The molecule has 2 aromatic rings. The fourth-order valence-electron chi connectivity index (χ4n) is 3.22. The summed E-state index contributed by atoms with van der Waals surface area (Å²) in [5.41, 5.74) is 3.25. The summed E-state index contributed by atoms with van der Waals surface area (Å²) in [6, 6.07) is 0.993. The quantitative estimate of drug-likeness (QED) is 0.857. The molecule has 0 spiro atoms. The average Bonchev–Trinajstić information content (AvgIpc) is 3.12. The maximum Gasteiger partial charge on any atom is 0.332 e. The number of H-pyrrole nitrogens is 1. The van der Waals surface area contributed by atoms with Crippen molar-refractivity contribution >= 4 is 11.9 Å². The minimum Gasteiger partial charge on any atom is -0.479 e. The van der Waals surface area contributed by atoms with Crippen molar-refractivity contribution < 1.29 is 14.7 Å². The van der Waals surface area contributed by atoms with Crippen molar-refractivity contribution in [2.45, 2.75) is 45.7 Å². The van der Waals surface area contributed by atoms with E-state index in [1.807, 2.05) is 24.6 Å². The number of nitrogens with zero attached hydrogens (tertiary/aromatic N) is 4. The van der Waals surface area contributed by atoms with Crippen molar-refractivity contribution in [2.75, 3.05) is 6.54 Å². The Bertz CT molecular complexity index is 764. The van der Waals surface area contributed by atoms with Gasteiger partial charge in [-0.2, -0.15) is 5.10 Å². The van der Waals surface area contributed by atoms with E-state index in [1.54, 1.807) is 0 Å². The van der Waals surface area contributed by atoms with Gasteiger partial charge < -0.3 is 15.0 Å². The molecule has 1 aliphatic rings. The van der Waals surface area contributed by atoms with Crippen LogP contribution in [0.25, 0.3) is 0 Å². The Morgan fingerprint density at radius 1 is 1.42 bits per heavy atom. The number of carboxylic acid groups (broad SMARTS) is 1. The number of imidazole rings is 1. The predicted octanol–water partition coefficient (Wildman–Crippen LogP) is 1.21. The standard InChI is InChI=1S/C16H21N5O3/c1-10-8-11(2)21(19-10)6-3-4-13(22)20-7-5-12-14(18-9-17-12)15(20)16(23)24/h8-9,15H,3-7H2,1-2H3,(H,17,18)(H,23,24). The molecule has 24 heavy (non-hydrogen) atoms. The number of fused-ring (bicyclic) bond motifs is 1. The number of amides is 1. The van der Waals surface area contributed by atoms with Gasteiger partial charge in [0.15, 0.2) is 6.04 Å². The minimum atomic E-state index is -1.05. The number of hydrogen-bond acceptors (Lipinski definition) is 4. The highest BCUT2D eigenvalue weighted by Crippen LogP contribution is 2.28. The van der Waals surface area contributed by atoms with Crippen LogP contribution in [0.1, 0.15) is 41.7 Å². The summed E-state index contributed by atoms with van der Waals surface area (Å²) in [5, 5.41) is 13.9. The van der Waals surface area contributed by atoms with Gasteiger partial charge in [-0.3, -0.25) is 9.48 Å². The van der Waals surface area contributed by atoms with Crippen LogP contribution in [-0.4, -0.2) is 48.2 Å². The lowest BCUT2D eigenvalue weighted by Gasteiger charge is -2.32. The first-order valence-corrected chi connectivity index (χ1v) is 8.03. The zero-order chi connectivity index (χ0) is 17.3. The Hall–Kier alpha value is -2.64. The summed E-state index contributed by atoms with van der Waals surface area (Å²) in [5.74, 6) is -1.20. The molecule has 2 aromatic heterocycles. The number of carbonyl (C=O) groups is 2. The van der Waals surface area contributed by atoms with Crippen LogP contribution in [0.2, 0.25) is 0 Å². The molecule has 0 fully saturated rings. The number of carbonyl (C=O) groups excluding carboxylic acids is 1. The van der Waals surface area contributed by atoms with Crippen LogP contribution in [0.5, 0.6) is 0 Å². The lowest BCUT2D eigenvalue weighted by molar-refractivity contribution is -0.151. The number of aromatic nitrogens is 4. The van der Waals surface area contributed by atoms with E-state index in [4.69, 9.17) is 0 Å². The molecule has 0 radical (unpaired) electrons. The molecule has 0 bridgehead atoms. The molecule has 0 aliphatic carbocycles. The summed E-state index contributed by atoms with van der Waals surface area (Å²) < 4.78 is 1.87. The van der Waals surface area contributed by atoms with Crippen LogP contribution < -0.4 is 0 Å². The summed E-state index contributed by atoms with van der Waals surface area (Å²) in [6.07, 6.45) is 3.00. The monoisotopic (exact) mass is 331 g/mol. The van der Waals surface area contributed by atoms with E-state index in [9.17, 15) is 14.7 Å². The first-order chi connectivity index (χ1) is 11.5. The molecule has 0 saturated carbocycles. The number of carboxylic acids is 1. The summed E-state index contributed by atoms with van der Waals surface area (Å²) in [4.78, 5) is 32.6. The van der Waals surface area contributed by atoms with E-state index in [0.29, 0.717) is 38.0 Å². The Morgan fingerprint density at radius 3 is 2.88 bits per heavy atom. The zero-order valence-corrected chi connectivity index (χ0v) is 13.8. The van der Waals surface area contributed by atoms with Crippen LogP contribution in [0.3, 0.4) is 0 Å². The van der Waals surface area contributed by atoms with Crippen molar-refractivity contribution in [3.05, 3.63) is 35.2 Å². The van der Waals surface area contributed by atoms with Gasteiger partial charge in [-0.1, -0.05) is 0 Å². The van der Waals surface area contributed by atoms with E-state index in [2.05, 4.69) is 15.1 Å². The fourth-order valence-corrected chi connectivity index (χ4v) is 3.22. The number of nitrogens with one attached hydrogen (secondary N) is 1. The molecule has 128 valence electrons. The maximum atomic E-state index is 12.5. The van der Waals surface area contributed by atoms with Gasteiger partial charge in [-0.05, 0) is 26.3 Å². The van der Waals surface area contributed by atoms with Gasteiger partial charge in [0.1, 0.15) is 0 Å². The molecule has 3 rings (SSSR count). The number of aliphatic carboxylic acids is 1. The molecule has 1 atom stereocenters. The highest BCUT2D eigenvalue weighted by molar-refractivity contribution is 5.85. The highest BCUT2D eigenvalue weighted by Gasteiger charge is 2.37. The lowest BCUT2D eigenvalue weighted by atomic mass is 10.0. The SMILES string of the molecule is Cc1cc(C)n(CCCC(=O)N2CCc3[nH]cnc3C2C(=O)O)n1. The highest BCUT2D eigenvalue weighted by atomic mass is 16.4. The Morgan fingerprint density at radius 2 is 2.21 bits per heavy atom. The van der Waals surface area contributed by atoms with E-state index >= 15 is 0 Å². The summed E-state index contributed by atoms with van der Waals surface area (Å²) >= 11 is 0. The van der Waals surface area contributed by atoms with Crippen LogP contribution in [0.4, 0.5) is 0 Å². The summed E-state index contributed by atoms with van der Waals surface area (Å²) in [6.45, 7) is 4.95. The van der Waals surface area contributed by atoms with Crippen molar-refractivity contribution in [3.63, 3.8) is 0 Å². The second-order valence-corrected chi connectivity index (χ2v) is 6.10. The topological polar surface area (TPSA) is 104 Å². The van der Waals surface area contributed by atoms with Crippen molar-refractivity contribution in [1.29, 1.82) is 0 Å². The first kappa shape index (κ1) is 16.2. The average molecular weight is 331 g/mol. The lowest BCUT2D eigenvalue weighted by Crippen LogP contribution is -2.43. The van der Waals surface area contributed by atoms with Crippen molar-refractivity contribution in [2.24, 2.45) is 0 Å². The van der Waals surface area contributed by atoms with Gasteiger partial charge in [0.2, 0.25) is 5.91 Å². The zero-order valence-electron chi connectivity index (χ0n) is 13.8. The normalized spacial score (nSPS) is 16.9. The smallest absolute Gasteiger partial charge is 0.332 e. The maximum absolute atomic E-state index is 12.5. The van der Waals surface area contributed by atoms with Crippen LogP contribution in [-0.2, 0) is 22.6 Å². The van der Waals surface area contributed by atoms with Crippen molar-refractivity contribution in [3.8, 4) is 0 Å². The molecule has 3 heterocycles. The molecule has 1 aliphatic heterocycles. The molecule has 0 saturated heterocycles. The first-order valence-electron chi connectivity index (χ1n) is 8.03. The molecule has 8 nitrogen and oxygen atoms in total. The molecule has 8 heteroatoms. The van der Waals surface area contributed by atoms with Crippen molar-refractivity contribution in [1.82, 2.24) is 24.6 Å². The number of hydrogen-bond donors (Lipinski definition) is 2. The van der Waals surface area contributed by atoms with E-state index < -0.39 is 12.0 Å². The third-order valence-electron chi connectivity index (χ3n) is 4.34. The summed E-state index contributed by atoms with van der Waals surface area (Å²) in [7, 11) is 0. The minimum absolute atomic E-state index is 0.155. The molecule has 1 unspecified atom stereocenters. The third kappa shape index (κ3) is 3.04. The van der Waals surface area contributed by atoms with Gasteiger partial charge in [0.05, 0.1) is 17.7 Å². The number of aryl methyl sites for hydroxylation is 3. The largest absolute Gasteiger partial charge is 0.479 e. The van der Waals surface area contributed by atoms with Gasteiger partial charge in [0.25, 0.3) is 0 Å². The number of rotatable bonds is 5. The second-order valence-electron chi connectivity index (χ2n) is 6.10. The van der Waals surface area contributed by atoms with Gasteiger partial charge >= 0.3 is 5.97 Å². The van der Waals surface area contributed by atoms with Gasteiger partial charge in [-0.25, -0.2) is 9.78 Å². The van der Waals surface area contributed by atoms with E-state index in [1.165, 1.54) is 11.2 Å². The molecule has 1 amide bonds. The molecule has 2 N–H and O–H groups in total. The molecular weight excluding hydrogens is 310 g/mol. The fraction of sp³-hybridized carbons (Fsp3) is 0.500. The third-order valence-corrected chi connectivity index (χ3v) is 4.34. The van der Waals surface area contributed by atoms with Crippen LogP contribution in [0.15, 0.2) is 12.4 Å². The van der Waals surface area contributed by atoms with Crippen LogP contribution >= 0.6 is 0 Å². The Kier molecular flexibility index (Phi) is 4.37. The van der Waals surface area contributed by atoms with Gasteiger partial charge in [0, 0.05) is 37.3 Å².